The zero-order chi connectivity index (χ0) is 37.2. The monoisotopic (exact) mass is 774 g/mol. The predicted molar refractivity (Wildman–Crippen MR) is 196 cm³/mol. The van der Waals surface area contributed by atoms with Gasteiger partial charge in [0, 0.05) is 32.3 Å². The van der Waals surface area contributed by atoms with Gasteiger partial charge in [-0.2, -0.15) is 0 Å². The van der Waals surface area contributed by atoms with Crippen LogP contribution in [0.15, 0.2) is 83.9 Å². The molecule has 0 saturated heterocycles. The van der Waals surface area contributed by atoms with E-state index >= 15 is 8.78 Å². The molecule has 0 aliphatic rings. The minimum Gasteiger partial charge on any atom is -0.460 e. The third kappa shape index (κ3) is 8.75. The lowest BCUT2D eigenvalue weighted by Crippen LogP contribution is -2.25. The van der Waals surface area contributed by atoms with Crippen molar-refractivity contribution in [3.05, 3.63) is 129 Å². The summed E-state index contributed by atoms with van der Waals surface area (Å²) < 4.78 is 43.5. The Morgan fingerprint density at radius 2 is 1.59 bits per heavy atom. The van der Waals surface area contributed by atoms with E-state index in [4.69, 9.17) is 47.2 Å². The van der Waals surface area contributed by atoms with Crippen molar-refractivity contribution in [1.82, 2.24) is 9.55 Å². The second-order valence-electron chi connectivity index (χ2n) is 12.7. The third-order valence-electron chi connectivity index (χ3n) is 8.23. The molecule has 5 aromatic rings. The number of rotatable bonds is 12. The Kier molecular flexibility index (Phi) is 11.8. The Balaban J connectivity index is 1.41. The molecule has 0 unspecified atom stereocenters. The van der Waals surface area contributed by atoms with E-state index < -0.39 is 37.2 Å². The first kappa shape index (κ1) is 38.7. The number of esters is 1. The molecule has 0 bridgehead atoms. The lowest BCUT2D eigenvalue weighted by Gasteiger charge is -2.28. The van der Waals surface area contributed by atoms with Crippen LogP contribution in [0.5, 0.6) is 5.75 Å². The maximum absolute atomic E-state index is 16.1. The Morgan fingerprint density at radius 1 is 0.941 bits per heavy atom. The molecular weight excluding hydrogens is 740 g/mol. The molecule has 3 N–H and O–H groups in total. The van der Waals surface area contributed by atoms with Crippen molar-refractivity contribution in [3.8, 4) is 22.6 Å². The fourth-order valence-corrected chi connectivity index (χ4v) is 7.45. The van der Waals surface area contributed by atoms with Gasteiger partial charge in [-0.15, -0.1) is 11.8 Å². The quantitative estimate of drug-likeness (QED) is 0.0653. The highest BCUT2D eigenvalue weighted by molar-refractivity contribution is 7.98. The summed E-state index contributed by atoms with van der Waals surface area (Å²) in [5.74, 6) is -1.20. The summed E-state index contributed by atoms with van der Waals surface area (Å²) in [4.78, 5) is 35.8. The Labute approximate surface area is 310 Å². The number of nitrogens with zero attached hydrogens (tertiary/aromatic N) is 2. The Bertz CT molecular complexity index is 2050. The van der Waals surface area contributed by atoms with Crippen LogP contribution in [0.25, 0.3) is 16.8 Å². The van der Waals surface area contributed by atoms with Crippen LogP contribution in [0.4, 0.5) is 8.78 Å². The van der Waals surface area contributed by atoms with E-state index in [1.807, 2.05) is 13.8 Å². The topological polar surface area (TPSA) is 114 Å². The summed E-state index contributed by atoms with van der Waals surface area (Å²) in [5, 5.41) is 11.7. The normalized spacial score (nSPS) is 12.0. The average molecular weight is 776 g/mol. The van der Waals surface area contributed by atoms with Gasteiger partial charge >= 0.3 is 14.6 Å². The van der Waals surface area contributed by atoms with Gasteiger partial charge in [0.15, 0.2) is 0 Å². The lowest BCUT2D eigenvalue weighted by atomic mass is 9.83. The highest BCUT2D eigenvalue weighted by Gasteiger charge is 2.36. The van der Waals surface area contributed by atoms with Gasteiger partial charge in [-0.25, -0.2) is 13.8 Å². The molecule has 51 heavy (non-hydrogen) atoms. The van der Waals surface area contributed by atoms with Crippen LogP contribution in [0, 0.1) is 11.6 Å². The second kappa shape index (κ2) is 15.6. The van der Waals surface area contributed by atoms with E-state index in [0.29, 0.717) is 48.7 Å². The fraction of sp³-hybridized carbons (Fsp3) is 0.243. The van der Waals surface area contributed by atoms with Gasteiger partial charge in [-0.05, 0) is 99.2 Å². The van der Waals surface area contributed by atoms with Crippen LogP contribution in [-0.2, 0) is 33.6 Å². The summed E-state index contributed by atoms with van der Waals surface area (Å²) >= 11 is 14.4. The van der Waals surface area contributed by atoms with Crippen molar-refractivity contribution < 1.29 is 37.7 Å². The molecule has 5 rings (SSSR count). The molecule has 1 aromatic heterocycles. The van der Waals surface area contributed by atoms with Crippen LogP contribution in [0.3, 0.4) is 0 Å². The number of hydrogen-bond donors (Lipinski definition) is 3. The Morgan fingerprint density at radius 3 is 2.18 bits per heavy atom. The number of hydrogen-bond acceptors (Lipinski definition) is 8. The average Bonchev–Trinajstić information content (AvgIpc) is 3.51. The first-order valence-electron chi connectivity index (χ1n) is 15.5. The fourth-order valence-electron chi connectivity index (χ4n) is 5.62. The lowest BCUT2D eigenvalue weighted by molar-refractivity contribution is -0.144. The summed E-state index contributed by atoms with van der Waals surface area (Å²) in [7, 11) is -2.56. The molecule has 0 atom stereocenters. The Hall–Kier alpha value is -3.54. The van der Waals surface area contributed by atoms with E-state index in [2.05, 4.69) is 0 Å². The number of carbonyl (C=O) groups is 1. The van der Waals surface area contributed by atoms with Crippen molar-refractivity contribution in [2.75, 3.05) is 6.26 Å². The van der Waals surface area contributed by atoms with E-state index in [1.54, 1.807) is 79.4 Å². The number of benzene rings is 4. The number of halogens is 4. The van der Waals surface area contributed by atoms with Crippen LogP contribution >= 0.6 is 43.6 Å². The van der Waals surface area contributed by atoms with Gasteiger partial charge in [-0.3, -0.25) is 9.36 Å². The predicted octanol–water partition coefficient (Wildman–Crippen LogP) is 9.28. The number of imidazole rings is 1. The molecule has 0 aliphatic carbocycles. The molecule has 8 nitrogen and oxygen atoms in total. The number of thioether (sulfide) groups is 1. The molecule has 4 aromatic carbocycles. The second-order valence-corrected chi connectivity index (χ2v) is 15.1. The zero-order valence-electron chi connectivity index (χ0n) is 28.2. The van der Waals surface area contributed by atoms with Crippen LogP contribution < -0.4 is 4.52 Å². The van der Waals surface area contributed by atoms with E-state index in [9.17, 15) is 9.90 Å². The molecule has 0 fully saturated rings. The van der Waals surface area contributed by atoms with Crippen molar-refractivity contribution in [2.24, 2.45) is 0 Å². The first-order chi connectivity index (χ1) is 24.0. The molecule has 14 heteroatoms. The van der Waals surface area contributed by atoms with Gasteiger partial charge < -0.3 is 24.2 Å². The molecule has 0 radical (unpaired) electrons. The standard InChI is InChI=1S/C37H35Cl2F2N2O6PS/c1-36(2,34-26(38)7-6-8-27(34)39)35-42-32(37(3,4)45)19-43(35)30-14-11-22(16-29(30)41)23-17-28(40)25(31(18-23)51-5)20-48-33(44)15-21-9-12-24(13-10-21)49-50(46)47/h6-14,16-19,45-47H,15,20H2,1-5H3. The summed E-state index contributed by atoms with van der Waals surface area (Å²) in [6, 6.07) is 18.8. The molecule has 0 spiro atoms. The molecular formula is C37H35Cl2F2N2O6PS. The summed E-state index contributed by atoms with van der Waals surface area (Å²) in [6.07, 6.45) is 3.25. The van der Waals surface area contributed by atoms with Crippen molar-refractivity contribution in [1.29, 1.82) is 0 Å². The first-order valence-corrected chi connectivity index (χ1v) is 18.7. The van der Waals surface area contributed by atoms with Crippen LogP contribution in [-0.4, -0.2) is 36.7 Å². The minimum atomic E-state index is -2.56. The van der Waals surface area contributed by atoms with Gasteiger partial charge in [0.25, 0.3) is 0 Å². The molecule has 0 saturated carbocycles. The van der Waals surface area contributed by atoms with Gasteiger partial charge in [0.05, 0.1) is 23.2 Å². The van der Waals surface area contributed by atoms with Gasteiger partial charge in [0.2, 0.25) is 0 Å². The number of aliphatic hydroxyl groups is 1. The maximum atomic E-state index is 16.1. The van der Waals surface area contributed by atoms with Crippen molar-refractivity contribution in [2.45, 2.75) is 56.6 Å². The zero-order valence-corrected chi connectivity index (χ0v) is 31.5. The molecule has 0 amide bonds. The van der Waals surface area contributed by atoms with E-state index in [0.717, 1.165) is 0 Å². The number of aromatic nitrogens is 2. The van der Waals surface area contributed by atoms with Crippen LogP contribution in [0.1, 0.15) is 55.9 Å². The minimum absolute atomic E-state index is 0.0915. The number of ether oxygens (including phenoxy) is 1. The summed E-state index contributed by atoms with van der Waals surface area (Å²) in [5.41, 5.74) is 0.390. The largest absolute Gasteiger partial charge is 0.460 e. The van der Waals surface area contributed by atoms with Gasteiger partial charge in [-0.1, -0.05) is 47.5 Å². The molecule has 268 valence electrons. The highest BCUT2D eigenvalue weighted by atomic mass is 35.5. The molecule has 1 heterocycles. The highest BCUT2D eigenvalue weighted by Crippen LogP contribution is 2.42. The van der Waals surface area contributed by atoms with Crippen molar-refractivity contribution in [3.63, 3.8) is 0 Å². The third-order valence-corrected chi connectivity index (χ3v) is 10.0. The SMILES string of the molecule is CSc1cc(-c2ccc(-n3cc(C(C)(C)O)nc3C(C)(C)c3c(Cl)cccc3Cl)c(F)c2)cc(F)c1COC(=O)Cc1ccc(OP(O)O)cc1. The summed E-state index contributed by atoms with van der Waals surface area (Å²) in [6.45, 7) is 6.59. The van der Waals surface area contributed by atoms with Gasteiger partial charge in [0.1, 0.15) is 35.4 Å². The maximum Gasteiger partial charge on any atom is 0.391 e. The van der Waals surface area contributed by atoms with Crippen molar-refractivity contribution >= 4 is 49.5 Å². The van der Waals surface area contributed by atoms with E-state index in [1.165, 1.54) is 36.0 Å². The number of carbonyl (C=O) groups excluding carboxylic acids is 1. The smallest absolute Gasteiger partial charge is 0.391 e. The van der Waals surface area contributed by atoms with E-state index in [-0.39, 0.29) is 30.0 Å². The van der Waals surface area contributed by atoms with Crippen LogP contribution in [0.2, 0.25) is 10.0 Å². The molecule has 0 aliphatic heterocycles.